The van der Waals surface area contributed by atoms with Crippen molar-refractivity contribution in [3.63, 3.8) is 0 Å². The normalized spacial score (nSPS) is 10.4. The molecule has 2 aromatic heterocycles. The Morgan fingerprint density at radius 1 is 0.963 bits per heavy atom. The van der Waals surface area contributed by atoms with Gasteiger partial charge in [-0.2, -0.15) is 0 Å². The van der Waals surface area contributed by atoms with Gasteiger partial charge in [-0.1, -0.05) is 35.5 Å². The lowest BCUT2D eigenvalue weighted by Crippen LogP contribution is -2.30. The van der Waals surface area contributed by atoms with E-state index in [0.29, 0.717) is 25.3 Å². The molecule has 3 N–H and O–H groups in total. The SMILES string of the molecule is O=C(NCCCNC(=O)c1cc(-c2ccccc2)on1)c1ccc(O)cn1. The van der Waals surface area contributed by atoms with Crippen LogP contribution in [0.2, 0.25) is 0 Å². The molecule has 3 aromatic rings. The largest absolute Gasteiger partial charge is 0.506 e. The molecule has 0 fully saturated rings. The third kappa shape index (κ3) is 4.91. The summed E-state index contributed by atoms with van der Waals surface area (Å²) < 4.78 is 5.20. The molecule has 0 atom stereocenters. The van der Waals surface area contributed by atoms with Gasteiger partial charge in [0.2, 0.25) is 0 Å². The number of nitrogens with one attached hydrogen (secondary N) is 2. The smallest absolute Gasteiger partial charge is 0.273 e. The minimum absolute atomic E-state index is 0.00228. The Hall–Kier alpha value is -3.68. The first-order valence-electron chi connectivity index (χ1n) is 8.37. The highest BCUT2D eigenvalue weighted by Crippen LogP contribution is 2.19. The number of benzene rings is 1. The van der Waals surface area contributed by atoms with Crippen molar-refractivity contribution in [1.82, 2.24) is 20.8 Å². The number of hydrogen-bond donors (Lipinski definition) is 3. The highest BCUT2D eigenvalue weighted by Gasteiger charge is 2.13. The average molecular weight is 366 g/mol. The van der Waals surface area contributed by atoms with Crippen molar-refractivity contribution >= 4 is 11.8 Å². The molecule has 2 amide bonds. The van der Waals surface area contributed by atoms with Gasteiger partial charge in [0, 0.05) is 24.7 Å². The zero-order chi connectivity index (χ0) is 19.1. The third-order valence-electron chi connectivity index (χ3n) is 3.71. The molecular formula is C19H18N4O4. The van der Waals surface area contributed by atoms with E-state index in [1.54, 1.807) is 6.07 Å². The molecule has 0 spiro atoms. The van der Waals surface area contributed by atoms with Gasteiger partial charge in [-0.25, -0.2) is 4.98 Å². The molecule has 3 rings (SSSR count). The van der Waals surface area contributed by atoms with E-state index < -0.39 is 0 Å². The number of carbonyl (C=O) groups excluding carboxylic acids is 2. The molecule has 0 unspecified atom stereocenters. The van der Waals surface area contributed by atoms with Crippen LogP contribution in [-0.4, -0.2) is 40.2 Å². The van der Waals surface area contributed by atoms with Crippen LogP contribution in [0, 0.1) is 0 Å². The first-order chi connectivity index (χ1) is 13.1. The van der Waals surface area contributed by atoms with Crippen molar-refractivity contribution in [2.75, 3.05) is 13.1 Å². The molecule has 0 aliphatic rings. The summed E-state index contributed by atoms with van der Waals surface area (Å²) in [6.45, 7) is 0.741. The first-order valence-corrected chi connectivity index (χ1v) is 8.37. The molecule has 1 aromatic carbocycles. The monoisotopic (exact) mass is 366 g/mol. The summed E-state index contributed by atoms with van der Waals surface area (Å²) in [6, 6.07) is 13.8. The minimum Gasteiger partial charge on any atom is -0.506 e. The maximum atomic E-state index is 12.1. The van der Waals surface area contributed by atoms with E-state index in [0.717, 1.165) is 5.56 Å². The number of carbonyl (C=O) groups is 2. The number of amides is 2. The molecular weight excluding hydrogens is 348 g/mol. The Morgan fingerprint density at radius 3 is 2.33 bits per heavy atom. The van der Waals surface area contributed by atoms with E-state index >= 15 is 0 Å². The van der Waals surface area contributed by atoms with E-state index in [4.69, 9.17) is 9.63 Å². The number of aromatic nitrogens is 2. The summed E-state index contributed by atoms with van der Waals surface area (Å²) in [6.07, 6.45) is 1.75. The van der Waals surface area contributed by atoms with Gasteiger partial charge < -0.3 is 20.3 Å². The average Bonchev–Trinajstić information content (AvgIpc) is 3.19. The van der Waals surface area contributed by atoms with Gasteiger partial charge in [0.05, 0.1) is 6.20 Å². The van der Waals surface area contributed by atoms with Gasteiger partial charge in [-0.15, -0.1) is 0 Å². The highest BCUT2D eigenvalue weighted by molar-refractivity contribution is 5.93. The first kappa shape index (κ1) is 18.1. The summed E-state index contributed by atoms with van der Waals surface area (Å²) in [7, 11) is 0. The molecule has 0 radical (unpaired) electrons. The Labute approximate surface area is 155 Å². The Balaban J connectivity index is 1.40. The molecule has 27 heavy (non-hydrogen) atoms. The predicted octanol–water partition coefficient (Wildman–Crippen LogP) is 1.99. The zero-order valence-corrected chi connectivity index (χ0v) is 14.4. The molecule has 8 heteroatoms. The minimum atomic E-state index is -0.342. The second kappa shape index (κ2) is 8.61. The predicted molar refractivity (Wildman–Crippen MR) is 97.1 cm³/mol. The van der Waals surface area contributed by atoms with E-state index in [2.05, 4.69) is 20.8 Å². The number of nitrogens with zero attached hydrogens (tertiary/aromatic N) is 2. The molecule has 0 saturated carbocycles. The molecule has 0 aliphatic carbocycles. The van der Waals surface area contributed by atoms with Crippen LogP contribution in [-0.2, 0) is 0 Å². The van der Waals surface area contributed by atoms with Gasteiger partial charge in [0.15, 0.2) is 11.5 Å². The lowest BCUT2D eigenvalue weighted by molar-refractivity contribution is 0.0944. The molecule has 8 nitrogen and oxygen atoms in total. The van der Waals surface area contributed by atoms with Crippen molar-refractivity contribution < 1.29 is 19.2 Å². The van der Waals surface area contributed by atoms with Crippen molar-refractivity contribution in [3.8, 4) is 17.1 Å². The van der Waals surface area contributed by atoms with Crippen molar-refractivity contribution in [2.45, 2.75) is 6.42 Å². The number of pyridine rings is 1. The van der Waals surface area contributed by atoms with E-state index in [1.807, 2.05) is 30.3 Å². The Morgan fingerprint density at radius 2 is 1.67 bits per heavy atom. The van der Waals surface area contributed by atoms with Crippen molar-refractivity contribution in [3.05, 3.63) is 66.1 Å². The fraction of sp³-hybridized carbons (Fsp3) is 0.158. The van der Waals surface area contributed by atoms with Crippen molar-refractivity contribution in [2.24, 2.45) is 0 Å². The van der Waals surface area contributed by atoms with Crippen LogP contribution in [0.4, 0.5) is 0 Å². The van der Waals surface area contributed by atoms with Crippen LogP contribution in [0.3, 0.4) is 0 Å². The maximum absolute atomic E-state index is 12.1. The summed E-state index contributed by atoms with van der Waals surface area (Å²) in [5, 5.41) is 18.3. The zero-order valence-electron chi connectivity index (χ0n) is 14.4. The highest BCUT2D eigenvalue weighted by atomic mass is 16.5. The summed E-state index contributed by atoms with van der Waals surface area (Å²) in [5.74, 6) is -0.162. The lowest BCUT2D eigenvalue weighted by Gasteiger charge is -2.05. The molecule has 0 bridgehead atoms. The fourth-order valence-electron chi connectivity index (χ4n) is 2.31. The van der Waals surface area contributed by atoms with Gasteiger partial charge in [0.1, 0.15) is 11.4 Å². The topological polar surface area (TPSA) is 117 Å². The van der Waals surface area contributed by atoms with Gasteiger partial charge in [0.25, 0.3) is 11.8 Å². The summed E-state index contributed by atoms with van der Waals surface area (Å²) in [4.78, 5) is 27.8. The fourth-order valence-corrected chi connectivity index (χ4v) is 2.31. The number of hydrogen-bond acceptors (Lipinski definition) is 6. The second-order valence-corrected chi connectivity index (χ2v) is 5.71. The summed E-state index contributed by atoms with van der Waals surface area (Å²) in [5.41, 5.74) is 1.26. The summed E-state index contributed by atoms with van der Waals surface area (Å²) >= 11 is 0. The van der Waals surface area contributed by atoms with E-state index in [-0.39, 0.29) is 29.0 Å². The van der Waals surface area contributed by atoms with Gasteiger partial charge in [-0.3, -0.25) is 9.59 Å². The van der Waals surface area contributed by atoms with E-state index in [1.165, 1.54) is 18.3 Å². The lowest BCUT2D eigenvalue weighted by atomic mass is 10.1. The molecule has 2 heterocycles. The van der Waals surface area contributed by atoms with Crippen LogP contribution in [0.1, 0.15) is 27.4 Å². The maximum Gasteiger partial charge on any atom is 0.273 e. The Bertz CT molecular complexity index is 907. The third-order valence-corrected chi connectivity index (χ3v) is 3.71. The van der Waals surface area contributed by atoms with Crippen LogP contribution in [0.25, 0.3) is 11.3 Å². The van der Waals surface area contributed by atoms with Gasteiger partial charge in [-0.05, 0) is 18.6 Å². The second-order valence-electron chi connectivity index (χ2n) is 5.71. The van der Waals surface area contributed by atoms with Crippen LogP contribution in [0.5, 0.6) is 5.75 Å². The van der Waals surface area contributed by atoms with Crippen molar-refractivity contribution in [1.29, 1.82) is 0 Å². The van der Waals surface area contributed by atoms with Crippen LogP contribution < -0.4 is 10.6 Å². The Kier molecular flexibility index (Phi) is 5.78. The quantitative estimate of drug-likeness (QED) is 0.551. The van der Waals surface area contributed by atoms with Gasteiger partial charge >= 0.3 is 0 Å². The van der Waals surface area contributed by atoms with Crippen LogP contribution >= 0.6 is 0 Å². The molecule has 138 valence electrons. The standard InChI is InChI=1S/C19H18N4O4/c24-14-7-8-15(22-12-14)18(25)20-9-4-10-21-19(26)16-11-17(27-23-16)13-5-2-1-3-6-13/h1-3,5-8,11-12,24H,4,9-10H2,(H,20,25)(H,21,26). The van der Waals surface area contributed by atoms with E-state index in [9.17, 15) is 9.59 Å². The van der Waals surface area contributed by atoms with Crippen LogP contribution in [0.15, 0.2) is 59.3 Å². The molecule has 0 saturated heterocycles. The number of rotatable bonds is 7. The number of aromatic hydroxyl groups is 1. The molecule has 0 aliphatic heterocycles.